The van der Waals surface area contributed by atoms with Crippen molar-refractivity contribution in [1.29, 1.82) is 0 Å². The molecule has 0 saturated carbocycles. The number of aromatic carboxylic acids is 1. The van der Waals surface area contributed by atoms with Crippen LogP contribution in [0.25, 0.3) is 10.2 Å². The maximum absolute atomic E-state index is 10.7. The number of aryl methyl sites for hydroxylation is 1. The number of carboxylic acids is 1. The van der Waals surface area contributed by atoms with Gasteiger partial charge in [0, 0.05) is 6.20 Å². The molecule has 6 heteroatoms. The number of hydrogen-bond acceptors (Lipinski definition) is 5. The number of carboxylic acid groups (broad SMARTS) is 1. The molecule has 0 unspecified atom stereocenters. The molecule has 2 aromatic heterocycles. The van der Waals surface area contributed by atoms with E-state index in [1.807, 2.05) is 19.1 Å². The number of carbonyl (C=O) groups is 1. The van der Waals surface area contributed by atoms with Gasteiger partial charge in [-0.25, -0.2) is 14.8 Å². The van der Waals surface area contributed by atoms with E-state index in [1.165, 1.54) is 29.2 Å². The second kappa shape index (κ2) is 4.90. The predicted molar refractivity (Wildman–Crippen MR) is 78.8 cm³/mol. The van der Waals surface area contributed by atoms with Gasteiger partial charge in [-0.2, -0.15) is 0 Å². The number of hydrogen-bond donors (Lipinski definition) is 2. The lowest BCUT2D eigenvalue weighted by Crippen LogP contribution is -1.98. The zero-order valence-corrected chi connectivity index (χ0v) is 11.4. The second-order valence-corrected chi connectivity index (χ2v) is 5.38. The molecule has 3 aromatic rings. The minimum absolute atomic E-state index is 0.162. The SMILES string of the molecule is Cc1ccc2nc(Nc3ccc(C(=O)O)cn3)sc2c1. The molecule has 2 heterocycles. The van der Waals surface area contributed by atoms with E-state index in [9.17, 15) is 4.79 Å². The summed E-state index contributed by atoms with van der Waals surface area (Å²) < 4.78 is 1.11. The molecule has 0 bridgehead atoms. The van der Waals surface area contributed by atoms with Gasteiger partial charge in [0.1, 0.15) is 5.82 Å². The van der Waals surface area contributed by atoms with Crippen molar-refractivity contribution in [3.8, 4) is 0 Å². The van der Waals surface area contributed by atoms with Gasteiger partial charge in [0.05, 0.1) is 15.8 Å². The standard InChI is InChI=1S/C14H11N3O2S/c1-8-2-4-10-11(6-8)20-14(16-10)17-12-5-3-9(7-15-12)13(18)19/h2-7H,1H3,(H,18,19)(H,15,16,17). The first-order valence-corrected chi connectivity index (χ1v) is 6.77. The quantitative estimate of drug-likeness (QED) is 0.771. The van der Waals surface area contributed by atoms with Gasteiger partial charge >= 0.3 is 5.97 Å². The van der Waals surface area contributed by atoms with Gasteiger partial charge in [-0.15, -0.1) is 0 Å². The molecule has 1 aromatic carbocycles. The highest BCUT2D eigenvalue weighted by atomic mass is 32.1. The zero-order valence-electron chi connectivity index (χ0n) is 10.6. The fraction of sp³-hybridized carbons (Fsp3) is 0.0714. The average molecular weight is 285 g/mol. The van der Waals surface area contributed by atoms with Crippen molar-refractivity contribution >= 4 is 38.5 Å². The summed E-state index contributed by atoms with van der Waals surface area (Å²) in [5.74, 6) is -0.412. The summed E-state index contributed by atoms with van der Waals surface area (Å²) in [5.41, 5.74) is 2.29. The molecule has 20 heavy (non-hydrogen) atoms. The van der Waals surface area contributed by atoms with Crippen molar-refractivity contribution in [2.75, 3.05) is 5.32 Å². The summed E-state index contributed by atoms with van der Waals surface area (Å²) in [6.07, 6.45) is 1.32. The third-order valence-corrected chi connectivity index (χ3v) is 3.72. The summed E-state index contributed by atoms with van der Waals surface area (Å²) >= 11 is 1.54. The third-order valence-electron chi connectivity index (χ3n) is 2.79. The minimum Gasteiger partial charge on any atom is -0.478 e. The Kier molecular flexibility index (Phi) is 3.08. The van der Waals surface area contributed by atoms with Crippen molar-refractivity contribution in [1.82, 2.24) is 9.97 Å². The maximum Gasteiger partial charge on any atom is 0.337 e. The molecule has 0 saturated heterocycles. The first kappa shape index (κ1) is 12.6. The first-order valence-electron chi connectivity index (χ1n) is 5.95. The Labute approximate surface area is 118 Å². The van der Waals surface area contributed by atoms with Crippen LogP contribution in [0.5, 0.6) is 0 Å². The number of rotatable bonds is 3. The molecule has 0 spiro atoms. The predicted octanol–water partition coefficient (Wildman–Crippen LogP) is 3.44. The van der Waals surface area contributed by atoms with Gasteiger partial charge in [0.15, 0.2) is 5.13 Å². The average Bonchev–Trinajstić information content (AvgIpc) is 2.80. The van der Waals surface area contributed by atoms with Crippen molar-refractivity contribution in [2.24, 2.45) is 0 Å². The number of thiazole rings is 1. The Bertz CT molecular complexity index is 781. The van der Waals surface area contributed by atoms with E-state index in [1.54, 1.807) is 6.07 Å². The van der Waals surface area contributed by atoms with E-state index < -0.39 is 5.97 Å². The van der Waals surface area contributed by atoms with Crippen LogP contribution in [0.3, 0.4) is 0 Å². The van der Waals surface area contributed by atoms with Crippen molar-refractivity contribution < 1.29 is 9.90 Å². The molecule has 3 rings (SSSR count). The number of benzene rings is 1. The Morgan fingerprint density at radius 2 is 2.15 bits per heavy atom. The van der Waals surface area contributed by atoms with E-state index in [4.69, 9.17) is 5.11 Å². The van der Waals surface area contributed by atoms with Crippen LogP contribution in [-0.2, 0) is 0 Å². The molecule has 0 radical (unpaired) electrons. The van der Waals surface area contributed by atoms with Crippen LogP contribution in [0.1, 0.15) is 15.9 Å². The highest BCUT2D eigenvalue weighted by molar-refractivity contribution is 7.22. The van der Waals surface area contributed by atoms with Crippen LogP contribution in [0.15, 0.2) is 36.5 Å². The lowest BCUT2D eigenvalue weighted by Gasteiger charge is -2.01. The Morgan fingerprint density at radius 1 is 1.30 bits per heavy atom. The van der Waals surface area contributed by atoms with Crippen molar-refractivity contribution in [3.05, 3.63) is 47.7 Å². The smallest absolute Gasteiger partial charge is 0.337 e. The zero-order chi connectivity index (χ0) is 14.1. The number of pyridine rings is 1. The fourth-order valence-corrected chi connectivity index (χ4v) is 2.76. The molecule has 5 nitrogen and oxygen atoms in total. The lowest BCUT2D eigenvalue weighted by atomic mass is 10.2. The number of fused-ring (bicyclic) bond motifs is 1. The lowest BCUT2D eigenvalue weighted by molar-refractivity contribution is 0.0696. The number of nitrogens with zero attached hydrogens (tertiary/aromatic N) is 2. The largest absolute Gasteiger partial charge is 0.478 e. The number of nitrogens with one attached hydrogen (secondary N) is 1. The van der Waals surface area contributed by atoms with E-state index in [0.29, 0.717) is 5.82 Å². The fourth-order valence-electron chi connectivity index (χ4n) is 1.79. The molecule has 0 aliphatic carbocycles. The number of anilines is 2. The maximum atomic E-state index is 10.7. The van der Waals surface area contributed by atoms with E-state index in [2.05, 4.69) is 21.4 Å². The highest BCUT2D eigenvalue weighted by Crippen LogP contribution is 2.28. The van der Waals surface area contributed by atoms with Gasteiger partial charge < -0.3 is 10.4 Å². The van der Waals surface area contributed by atoms with Gasteiger partial charge in [-0.3, -0.25) is 0 Å². The molecule has 0 amide bonds. The van der Waals surface area contributed by atoms with Crippen molar-refractivity contribution in [3.63, 3.8) is 0 Å². The highest BCUT2D eigenvalue weighted by Gasteiger charge is 2.06. The monoisotopic (exact) mass is 285 g/mol. The molecule has 100 valence electrons. The van der Waals surface area contributed by atoms with Crippen LogP contribution in [0.2, 0.25) is 0 Å². The summed E-state index contributed by atoms with van der Waals surface area (Å²) in [4.78, 5) is 19.3. The normalized spacial score (nSPS) is 10.7. The minimum atomic E-state index is -0.987. The Balaban J connectivity index is 1.87. The topological polar surface area (TPSA) is 75.1 Å². The van der Waals surface area contributed by atoms with Gasteiger partial charge in [0.25, 0.3) is 0 Å². The van der Waals surface area contributed by atoms with E-state index in [-0.39, 0.29) is 5.56 Å². The molecule has 0 aliphatic rings. The molecular weight excluding hydrogens is 274 g/mol. The summed E-state index contributed by atoms with van der Waals surface area (Å²) in [6, 6.07) is 9.22. The summed E-state index contributed by atoms with van der Waals surface area (Å²) in [5, 5.41) is 12.6. The number of aromatic nitrogens is 2. The molecule has 0 fully saturated rings. The van der Waals surface area contributed by atoms with Crippen LogP contribution in [0.4, 0.5) is 10.9 Å². The second-order valence-electron chi connectivity index (χ2n) is 4.35. The van der Waals surface area contributed by atoms with E-state index >= 15 is 0 Å². The molecule has 0 aliphatic heterocycles. The van der Waals surface area contributed by atoms with Gasteiger partial charge in [0.2, 0.25) is 0 Å². The van der Waals surface area contributed by atoms with Crippen LogP contribution in [-0.4, -0.2) is 21.0 Å². The molecule has 0 atom stereocenters. The van der Waals surface area contributed by atoms with Crippen molar-refractivity contribution in [2.45, 2.75) is 6.92 Å². The van der Waals surface area contributed by atoms with Crippen LogP contribution in [0, 0.1) is 6.92 Å². The Hall–Kier alpha value is -2.47. The first-order chi connectivity index (χ1) is 9.61. The van der Waals surface area contributed by atoms with Crippen LogP contribution >= 0.6 is 11.3 Å². The van der Waals surface area contributed by atoms with Gasteiger partial charge in [-0.05, 0) is 36.8 Å². The van der Waals surface area contributed by atoms with Gasteiger partial charge in [-0.1, -0.05) is 17.4 Å². The Morgan fingerprint density at radius 3 is 2.85 bits per heavy atom. The molecular formula is C14H11N3O2S. The summed E-state index contributed by atoms with van der Waals surface area (Å²) in [6.45, 7) is 2.04. The third kappa shape index (κ3) is 2.46. The van der Waals surface area contributed by atoms with Crippen LogP contribution < -0.4 is 5.32 Å². The molecule has 2 N–H and O–H groups in total. The summed E-state index contributed by atoms with van der Waals surface area (Å²) in [7, 11) is 0. The van der Waals surface area contributed by atoms with E-state index in [0.717, 1.165) is 15.3 Å².